The monoisotopic (exact) mass is 343 g/mol. The highest BCUT2D eigenvalue weighted by Gasteiger charge is 2.20. The first kappa shape index (κ1) is 16.5. The minimum atomic E-state index is 0.114. The number of anilines is 1. The van der Waals surface area contributed by atoms with Crippen LogP contribution in [0.25, 0.3) is 11.1 Å². The Morgan fingerprint density at radius 3 is 2.20 bits per heavy atom. The second-order valence-electron chi connectivity index (χ2n) is 5.30. The Hall–Kier alpha value is -3.35. The van der Waals surface area contributed by atoms with E-state index < -0.39 is 0 Å². The first-order valence-corrected chi connectivity index (χ1v) is 8.24. The summed E-state index contributed by atoms with van der Waals surface area (Å²) in [5, 5.41) is 19.7. The van der Waals surface area contributed by atoms with Crippen molar-refractivity contribution in [3.05, 3.63) is 65.5 Å². The fourth-order valence-corrected chi connectivity index (χ4v) is 3.29. The third-order valence-electron chi connectivity index (χ3n) is 3.62. The lowest BCUT2D eigenvalue weighted by Crippen LogP contribution is -2.03. The molecule has 0 radical (unpaired) electrons. The Balaban J connectivity index is 2.21. The molecule has 3 aromatic rings. The lowest BCUT2D eigenvalue weighted by molar-refractivity contribution is 1.11. The Morgan fingerprint density at radius 1 is 0.960 bits per heavy atom. The molecule has 2 N–H and O–H groups in total. The standard InChI is InChI=1S/C19H13N5S/c1-12-2-4-14(5-3-12)25-19-16(11-21)17(13-6-8-23-9-7-13)15(10-20)18(22)24-19/h2-9H,1H3,(H2,22,24). The van der Waals surface area contributed by atoms with E-state index in [1.54, 1.807) is 24.5 Å². The summed E-state index contributed by atoms with van der Waals surface area (Å²) in [7, 11) is 0. The van der Waals surface area contributed by atoms with Crippen molar-refractivity contribution < 1.29 is 0 Å². The molecule has 0 saturated heterocycles. The molecule has 0 saturated carbocycles. The summed E-state index contributed by atoms with van der Waals surface area (Å²) in [6.07, 6.45) is 3.22. The number of aromatic nitrogens is 2. The summed E-state index contributed by atoms with van der Waals surface area (Å²) in [6, 6.07) is 15.7. The summed E-state index contributed by atoms with van der Waals surface area (Å²) in [5.74, 6) is 0.114. The van der Waals surface area contributed by atoms with Crippen LogP contribution < -0.4 is 5.73 Å². The quantitative estimate of drug-likeness (QED) is 0.773. The van der Waals surface area contributed by atoms with Gasteiger partial charge in [-0.1, -0.05) is 29.5 Å². The summed E-state index contributed by atoms with van der Waals surface area (Å²) in [6.45, 7) is 2.01. The van der Waals surface area contributed by atoms with Crippen molar-refractivity contribution in [2.75, 3.05) is 5.73 Å². The van der Waals surface area contributed by atoms with Crippen LogP contribution in [0.3, 0.4) is 0 Å². The maximum atomic E-state index is 9.72. The molecule has 0 unspecified atom stereocenters. The van der Waals surface area contributed by atoms with Crippen LogP contribution in [0.4, 0.5) is 5.82 Å². The zero-order valence-electron chi connectivity index (χ0n) is 13.4. The van der Waals surface area contributed by atoms with Gasteiger partial charge in [0.1, 0.15) is 28.5 Å². The molecule has 0 spiro atoms. The van der Waals surface area contributed by atoms with E-state index >= 15 is 0 Å². The smallest absolute Gasteiger partial charge is 0.143 e. The topological polar surface area (TPSA) is 99.4 Å². The van der Waals surface area contributed by atoms with Gasteiger partial charge in [-0.3, -0.25) is 4.98 Å². The fraction of sp³-hybridized carbons (Fsp3) is 0.0526. The van der Waals surface area contributed by atoms with Crippen molar-refractivity contribution in [2.24, 2.45) is 0 Å². The largest absolute Gasteiger partial charge is 0.383 e. The van der Waals surface area contributed by atoms with Gasteiger partial charge in [0.2, 0.25) is 0 Å². The lowest BCUT2D eigenvalue weighted by atomic mass is 9.98. The molecule has 1 aromatic carbocycles. The van der Waals surface area contributed by atoms with E-state index in [-0.39, 0.29) is 11.4 Å². The number of rotatable bonds is 3. The van der Waals surface area contributed by atoms with Gasteiger partial charge >= 0.3 is 0 Å². The van der Waals surface area contributed by atoms with Gasteiger partial charge in [-0.05, 0) is 36.8 Å². The zero-order valence-corrected chi connectivity index (χ0v) is 14.2. The van der Waals surface area contributed by atoms with Crippen LogP contribution in [-0.4, -0.2) is 9.97 Å². The van der Waals surface area contributed by atoms with E-state index in [1.807, 2.05) is 31.2 Å². The molecule has 5 nitrogen and oxygen atoms in total. The highest BCUT2D eigenvalue weighted by Crippen LogP contribution is 2.37. The average molecular weight is 343 g/mol. The summed E-state index contributed by atoms with van der Waals surface area (Å²) >= 11 is 1.35. The van der Waals surface area contributed by atoms with Gasteiger partial charge < -0.3 is 5.73 Å². The van der Waals surface area contributed by atoms with Gasteiger partial charge in [-0.15, -0.1) is 0 Å². The summed E-state index contributed by atoms with van der Waals surface area (Å²) in [5.41, 5.74) is 8.89. The zero-order chi connectivity index (χ0) is 17.8. The Bertz CT molecular complexity index is 999. The van der Waals surface area contributed by atoms with Crippen LogP contribution in [0.1, 0.15) is 16.7 Å². The van der Waals surface area contributed by atoms with Crippen LogP contribution in [0, 0.1) is 29.6 Å². The predicted molar refractivity (Wildman–Crippen MR) is 96.6 cm³/mol. The van der Waals surface area contributed by atoms with Crippen LogP contribution in [0.5, 0.6) is 0 Å². The van der Waals surface area contributed by atoms with E-state index in [1.165, 1.54) is 11.8 Å². The minimum Gasteiger partial charge on any atom is -0.383 e. The van der Waals surface area contributed by atoms with E-state index in [0.717, 1.165) is 10.5 Å². The Morgan fingerprint density at radius 2 is 1.60 bits per heavy atom. The second-order valence-corrected chi connectivity index (χ2v) is 6.36. The second kappa shape index (κ2) is 7.04. The molecule has 0 fully saturated rings. The molecule has 0 bridgehead atoms. The highest BCUT2D eigenvalue weighted by molar-refractivity contribution is 7.99. The SMILES string of the molecule is Cc1ccc(Sc2nc(N)c(C#N)c(-c3ccncc3)c2C#N)cc1. The predicted octanol–water partition coefficient (Wildman–Crippen LogP) is 3.93. The normalized spacial score (nSPS) is 10.0. The number of hydrogen-bond acceptors (Lipinski definition) is 6. The van der Waals surface area contributed by atoms with Crippen LogP contribution in [0.15, 0.2) is 58.7 Å². The molecule has 2 aromatic heterocycles. The molecular weight excluding hydrogens is 330 g/mol. The molecule has 0 aliphatic heterocycles. The number of benzene rings is 1. The number of aryl methyl sites for hydroxylation is 1. The minimum absolute atomic E-state index is 0.114. The summed E-state index contributed by atoms with van der Waals surface area (Å²) < 4.78 is 0. The molecule has 0 aliphatic carbocycles. The third-order valence-corrected chi connectivity index (χ3v) is 4.62. The van der Waals surface area contributed by atoms with Gasteiger partial charge in [0, 0.05) is 22.9 Å². The molecular formula is C19H13N5S. The van der Waals surface area contributed by atoms with E-state index in [0.29, 0.717) is 21.7 Å². The van der Waals surface area contributed by atoms with Crippen LogP contribution in [-0.2, 0) is 0 Å². The summed E-state index contributed by atoms with van der Waals surface area (Å²) in [4.78, 5) is 9.23. The first-order chi connectivity index (χ1) is 12.1. The molecule has 6 heteroatoms. The first-order valence-electron chi connectivity index (χ1n) is 7.42. The molecule has 0 amide bonds. The number of nitrogens with two attached hydrogens (primary N) is 1. The van der Waals surface area contributed by atoms with Gasteiger partial charge in [0.15, 0.2) is 0 Å². The van der Waals surface area contributed by atoms with Crippen molar-refractivity contribution in [1.29, 1.82) is 10.5 Å². The van der Waals surface area contributed by atoms with Gasteiger partial charge in [-0.2, -0.15) is 10.5 Å². The highest BCUT2D eigenvalue weighted by atomic mass is 32.2. The number of hydrogen-bond donors (Lipinski definition) is 1. The van der Waals surface area contributed by atoms with Gasteiger partial charge in [-0.25, -0.2) is 4.98 Å². The number of pyridine rings is 2. The van der Waals surface area contributed by atoms with Gasteiger partial charge in [0.25, 0.3) is 0 Å². The molecule has 3 rings (SSSR count). The molecule has 25 heavy (non-hydrogen) atoms. The van der Waals surface area contributed by atoms with Crippen LogP contribution in [0.2, 0.25) is 0 Å². The van der Waals surface area contributed by atoms with E-state index in [4.69, 9.17) is 5.73 Å². The van der Waals surface area contributed by atoms with Crippen molar-refractivity contribution in [3.8, 4) is 23.3 Å². The third kappa shape index (κ3) is 3.30. The van der Waals surface area contributed by atoms with Gasteiger partial charge in [0.05, 0.1) is 5.56 Å². The fourth-order valence-electron chi connectivity index (χ4n) is 2.40. The van der Waals surface area contributed by atoms with E-state index in [2.05, 4.69) is 22.1 Å². The number of nitriles is 2. The Labute approximate surface area is 149 Å². The van der Waals surface area contributed by atoms with Crippen molar-refractivity contribution in [3.63, 3.8) is 0 Å². The molecule has 120 valence electrons. The molecule has 0 aliphatic rings. The van der Waals surface area contributed by atoms with Crippen molar-refractivity contribution in [2.45, 2.75) is 16.8 Å². The average Bonchev–Trinajstić information content (AvgIpc) is 2.64. The number of nitrogens with zero attached hydrogens (tertiary/aromatic N) is 4. The molecule has 2 heterocycles. The maximum Gasteiger partial charge on any atom is 0.143 e. The van der Waals surface area contributed by atoms with E-state index in [9.17, 15) is 10.5 Å². The van der Waals surface area contributed by atoms with Crippen molar-refractivity contribution in [1.82, 2.24) is 9.97 Å². The lowest BCUT2D eigenvalue weighted by Gasteiger charge is -2.12. The van der Waals surface area contributed by atoms with Crippen molar-refractivity contribution >= 4 is 17.6 Å². The number of nitrogen functional groups attached to an aromatic ring is 1. The van der Waals surface area contributed by atoms with Crippen LogP contribution >= 0.6 is 11.8 Å². The maximum absolute atomic E-state index is 9.72. The molecule has 0 atom stereocenters. The Kier molecular flexibility index (Phi) is 4.65.